The summed E-state index contributed by atoms with van der Waals surface area (Å²) in [4.78, 5) is 11.5. The summed E-state index contributed by atoms with van der Waals surface area (Å²) in [6, 6.07) is 5.78. The number of rotatable bonds is 4. The van der Waals surface area contributed by atoms with Gasteiger partial charge in [0.25, 0.3) is 0 Å². The Labute approximate surface area is 101 Å². The van der Waals surface area contributed by atoms with Gasteiger partial charge in [-0.1, -0.05) is 17.7 Å². The van der Waals surface area contributed by atoms with E-state index in [-0.39, 0.29) is 25.1 Å². The lowest BCUT2D eigenvalue weighted by Gasteiger charge is -2.16. The predicted octanol–water partition coefficient (Wildman–Crippen LogP) is 1.92. The number of hydrogen-bond donors (Lipinski definition) is 2. The Bertz CT molecular complexity index is 377. The van der Waals surface area contributed by atoms with Crippen LogP contribution in [-0.4, -0.2) is 24.3 Å². The molecule has 0 aliphatic rings. The van der Waals surface area contributed by atoms with Crippen LogP contribution in [0.5, 0.6) is 0 Å². The number of thiol groups is 1. The molecule has 1 atom stereocenters. The topological polar surface area (TPSA) is 46.5 Å². The molecular weight excluding hydrogens is 224 g/mol. The molecule has 0 aromatic heterocycles. The number of esters is 1. The van der Waals surface area contributed by atoms with Gasteiger partial charge in [-0.3, -0.25) is 4.79 Å². The highest BCUT2D eigenvalue weighted by molar-refractivity contribution is 7.80. The average molecular weight is 240 g/mol. The second-order valence-corrected chi connectivity index (χ2v) is 4.23. The maximum atomic E-state index is 10.7. The highest BCUT2D eigenvalue weighted by Crippen LogP contribution is 2.24. The normalized spacial score (nSPS) is 12.2. The maximum absolute atomic E-state index is 10.7. The molecule has 0 spiro atoms. The van der Waals surface area contributed by atoms with Gasteiger partial charge in [-0.25, -0.2) is 0 Å². The van der Waals surface area contributed by atoms with E-state index in [0.717, 1.165) is 16.0 Å². The zero-order chi connectivity index (χ0) is 12.1. The second kappa shape index (κ2) is 5.92. The first-order valence-electron chi connectivity index (χ1n) is 5.08. The summed E-state index contributed by atoms with van der Waals surface area (Å²) in [6.07, 6.45) is 0. The van der Waals surface area contributed by atoms with Crippen LogP contribution in [0.1, 0.15) is 24.0 Å². The monoisotopic (exact) mass is 240 g/mol. The highest BCUT2D eigenvalue weighted by Gasteiger charge is 2.14. The van der Waals surface area contributed by atoms with Gasteiger partial charge in [0, 0.05) is 17.7 Å². The highest BCUT2D eigenvalue weighted by atomic mass is 32.1. The van der Waals surface area contributed by atoms with Crippen molar-refractivity contribution in [1.82, 2.24) is 0 Å². The molecule has 88 valence electrons. The number of carbonyl (C=O) groups is 1. The van der Waals surface area contributed by atoms with E-state index < -0.39 is 0 Å². The molecule has 0 aliphatic carbocycles. The quantitative estimate of drug-likeness (QED) is 0.624. The first kappa shape index (κ1) is 13.1. The van der Waals surface area contributed by atoms with Crippen molar-refractivity contribution in [2.24, 2.45) is 0 Å². The molecule has 0 unspecified atom stereocenters. The van der Waals surface area contributed by atoms with E-state index >= 15 is 0 Å². The van der Waals surface area contributed by atoms with E-state index in [1.54, 1.807) is 0 Å². The Morgan fingerprint density at radius 3 is 2.75 bits per heavy atom. The van der Waals surface area contributed by atoms with Gasteiger partial charge in [-0.2, -0.15) is 0 Å². The van der Waals surface area contributed by atoms with E-state index in [1.807, 2.05) is 25.1 Å². The molecular formula is C12H16O3S. The molecule has 3 nitrogen and oxygen atoms in total. The van der Waals surface area contributed by atoms with Gasteiger partial charge in [0.05, 0.1) is 6.61 Å². The summed E-state index contributed by atoms with van der Waals surface area (Å²) in [5.74, 6) is -0.553. The smallest absolute Gasteiger partial charge is 0.302 e. The Kier molecular flexibility index (Phi) is 4.83. The fourth-order valence-corrected chi connectivity index (χ4v) is 1.92. The van der Waals surface area contributed by atoms with Gasteiger partial charge >= 0.3 is 5.97 Å². The minimum Gasteiger partial charge on any atom is -0.465 e. The molecule has 4 heteroatoms. The van der Waals surface area contributed by atoms with Gasteiger partial charge in [-0.15, -0.1) is 12.6 Å². The molecule has 1 rings (SSSR count). The Balaban J connectivity index is 2.82. The third-order valence-electron chi connectivity index (χ3n) is 2.33. The minimum atomic E-state index is -0.341. The zero-order valence-electron chi connectivity index (χ0n) is 9.43. The van der Waals surface area contributed by atoms with Crippen LogP contribution in [0.4, 0.5) is 0 Å². The van der Waals surface area contributed by atoms with Crippen LogP contribution in [0.15, 0.2) is 23.1 Å². The molecule has 1 aromatic carbocycles. The fourth-order valence-electron chi connectivity index (χ4n) is 1.46. The number of benzene rings is 1. The van der Waals surface area contributed by atoms with Crippen molar-refractivity contribution in [3.63, 3.8) is 0 Å². The molecule has 0 aliphatic heterocycles. The van der Waals surface area contributed by atoms with Crippen LogP contribution in [-0.2, 0) is 9.53 Å². The van der Waals surface area contributed by atoms with Gasteiger partial charge in [0.2, 0.25) is 0 Å². The van der Waals surface area contributed by atoms with Crippen LogP contribution in [0.3, 0.4) is 0 Å². The summed E-state index contributed by atoms with van der Waals surface area (Å²) in [5, 5.41) is 9.26. The molecule has 0 heterocycles. The number of aliphatic hydroxyl groups excluding tert-OH is 1. The molecule has 1 aromatic rings. The molecule has 0 bridgehead atoms. The fraction of sp³-hybridized carbons (Fsp3) is 0.417. The lowest BCUT2D eigenvalue weighted by Crippen LogP contribution is -2.14. The molecule has 16 heavy (non-hydrogen) atoms. The van der Waals surface area contributed by atoms with Crippen molar-refractivity contribution >= 4 is 18.6 Å². The largest absolute Gasteiger partial charge is 0.465 e. The molecule has 1 N–H and O–H groups in total. The molecule has 0 fully saturated rings. The number of hydrogen-bond acceptors (Lipinski definition) is 4. The summed E-state index contributed by atoms with van der Waals surface area (Å²) in [6.45, 7) is 3.45. The lowest BCUT2D eigenvalue weighted by atomic mass is 9.99. The van der Waals surface area contributed by atoms with Crippen LogP contribution < -0.4 is 0 Å². The molecule has 0 amide bonds. The standard InChI is InChI=1S/C12H16O3S/c1-8-3-4-11(12(16)5-8)10(6-13)7-15-9(2)14/h3-5,10,13,16H,6-7H2,1-2H3/t10-/m1/s1. The van der Waals surface area contributed by atoms with Crippen LogP contribution in [0.2, 0.25) is 0 Å². The summed E-state index contributed by atoms with van der Waals surface area (Å²) in [5.41, 5.74) is 2.01. The SMILES string of the molecule is CC(=O)OC[C@@H](CO)c1ccc(C)cc1S. The van der Waals surface area contributed by atoms with E-state index in [1.165, 1.54) is 6.92 Å². The Hall–Kier alpha value is -1.00. The maximum Gasteiger partial charge on any atom is 0.302 e. The van der Waals surface area contributed by atoms with Gasteiger partial charge in [0.15, 0.2) is 0 Å². The minimum absolute atomic E-state index is 0.0656. The Morgan fingerprint density at radius 2 is 2.25 bits per heavy atom. The number of aryl methyl sites for hydroxylation is 1. The van der Waals surface area contributed by atoms with Gasteiger partial charge in [0.1, 0.15) is 6.61 Å². The van der Waals surface area contributed by atoms with Crippen molar-refractivity contribution in [3.05, 3.63) is 29.3 Å². The van der Waals surface area contributed by atoms with Gasteiger partial charge in [-0.05, 0) is 18.6 Å². The summed E-state index contributed by atoms with van der Waals surface area (Å²) < 4.78 is 4.90. The van der Waals surface area contributed by atoms with Crippen molar-refractivity contribution < 1.29 is 14.6 Å². The average Bonchev–Trinajstić information content (AvgIpc) is 2.21. The molecule has 0 saturated carbocycles. The number of ether oxygens (including phenoxy) is 1. The van der Waals surface area contributed by atoms with Crippen LogP contribution >= 0.6 is 12.6 Å². The summed E-state index contributed by atoms with van der Waals surface area (Å²) in [7, 11) is 0. The van der Waals surface area contributed by atoms with Crippen LogP contribution in [0.25, 0.3) is 0 Å². The summed E-state index contributed by atoms with van der Waals surface area (Å²) >= 11 is 4.35. The third kappa shape index (κ3) is 3.54. The third-order valence-corrected chi connectivity index (χ3v) is 2.72. The Morgan fingerprint density at radius 1 is 1.56 bits per heavy atom. The first-order valence-corrected chi connectivity index (χ1v) is 5.53. The first-order chi connectivity index (χ1) is 7.54. The van der Waals surface area contributed by atoms with Crippen molar-refractivity contribution in [2.75, 3.05) is 13.2 Å². The zero-order valence-corrected chi connectivity index (χ0v) is 10.3. The van der Waals surface area contributed by atoms with E-state index in [4.69, 9.17) is 4.74 Å². The molecule has 0 radical (unpaired) electrons. The van der Waals surface area contributed by atoms with E-state index in [0.29, 0.717) is 0 Å². The van der Waals surface area contributed by atoms with E-state index in [2.05, 4.69) is 12.6 Å². The van der Waals surface area contributed by atoms with Crippen molar-refractivity contribution in [2.45, 2.75) is 24.7 Å². The van der Waals surface area contributed by atoms with Crippen LogP contribution in [0, 0.1) is 6.92 Å². The lowest BCUT2D eigenvalue weighted by molar-refractivity contribution is -0.141. The number of carbonyl (C=O) groups excluding carboxylic acids is 1. The number of aliphatic hydroxyl groups is 1. The van der Waals surface area contributed by atoms with Crippen molar-refractivity contribution in [3.8, 4) is 0 Å². The second-order valence-electron chi connectivity index (χ2n) is 3.74. The predicted molar refractivity (Wildman–Crippen MR) is 64.9 cm³/mol. The molecule has 0 saturated heterocycles. The van der Waals surface area contributed by atoms with Gasteiger partial charge < -0.3 is 9.84 Å². The van der Waals surface area contributed by atoms with E-state index in [9.17, 15) is 9.90 Å². The van der Waals surface area contributed by atoms with Crippen molar-refractivity contribution in [1.29, 1.82) is 0 Å².